The molecular weight excluding hydrogens is 398 g/mol. The number of pyridine rings is 2. The van der Waals surface area contributed by atoms with Gasteiger partial charge in [0.1, 0.15) is 22.8 Å². The number of nitrogens with zero attached hydrogens (tertiary/aromatic N) is 3. The zero-order valence-electron chi connectivity index (χ0n) is 17.4. The van der Waals surface area contributed by atoms with E-state index in [4.69, 9.17) is 4.74 Å². The van der Waals surface area contributed by atoms with Gasteiger partial charge in [0.05, 0.1) is 11.0 Å². The zero-order valence-corrected chi connectivity index (χ0v) is 17.4. The summed E-state index contributed by atoms with van der Waals surface area (Å²) in [6.07, 6.45) is 1.83. The number of fused-ring (bicyclic) bond motifs is 4. The highest BCUT2D eigenvalue weighted by atomic mass is 16.5. The van der Waals surface area contributed by atoms with E-state index < -0.39 is 0 Å². The van der Waals surface area contributed by atoms with Crippen LogP contribution >= 0.6 is 0 Å². The summed E-state index contributed by atoms with van der Waals surface area (Å²) in [5.41, 5.74) is 3.76. The molecule has 0 saturated carbocycles. The van der Waals surface area contributed by atoms with Gasteiger partial charge in [0.2, 0.25) is 5.88 Å². The van der Waals surface area contributed by atoms with Crippen LogP contribution in [0.1, 0.15) is 5.56 Å². The number of ether oxygens (including phenoxy) is 1. The van der Waals surface area contributed by atoms with Gasteiger partial charge in [-0.25, -0.2) is 9.97 Å². The average Bonchev–Trinajstić information content (AvgIpc) is 3.13. The molecule has 6 rings (SSSR count). The maximum atomic E-state index is 10.1. The third-order valence-corrected chi connectivity index (χ3v) is 5.67. The monoisotopic (exact) mass is 417 g/mol. The molecule has 0 fully saturated rings. The molecule has 5 nitrogen and oxygen atoms in total. The topological polar surface area (TPSA) is 60.2 Å². The van der Waals surface area contributed by atoms with E-state index in [0.29, 0.717) is 17.1 Å². The minimum absolute atomic E-state index is 0.133. The van der Waals surface area contributed by atoms with Crippen molar-refractivity contribution in [2.45, 2.75) is 6.92 Å². The average molecular weight is 417 g/mol. The quantitative estimate of drug-likeness (QED) is 0.355. The second-order valence-corrected chi connectivity index (χ2v) is 7.82. The Morgan fingerprint density at radius 3 is 2.59 bits per heavy atom. The van der Waals surface area contributed by atoms with Crippen LogP contribution in [-0.2, 0) is 0 Å². The third-order valence-electron chi connectivity index (χ3n) is 5.67. The highest BCUT2D eigenvalue weighted by Gasteiger charge is 2.14. The molecule has 0 aliphatic heterocycles. The summed E-state index contributed by atoms with van der Waals surface area (Å²) >= 11 is 0. The van der Waals surface area contributed by atoms with Gasteiger partial charge in [-0.15, -0.1) is 0 Å². The molecule has 32 heavy (non-hydrogen) atoms. The first-order valence-corrected chi connectivity index (χ1v) is 10.4. The molecule has 0 bridgehead atoms. The molecule has 5 heteroatoms. The fourth-order valence-electron chi connectivity index (χ4n) is 4.19. The van der Waals surface area contributed by atoms with Crippen LogP contribution in [0.25, 0.3) is 38.5 Å². The summed E-state index contributed by atoms with van der Waals surface area (Å²) in [6.45, 7) is 2.06. The Hall–Kier alpha value is -4.38. The van der Waals surface area contributed by atoms with Gasteiger partial charge < -0.3 is 9.84 Å². The van der Waals surface area contributed by atoms with Crippen molar-refractivity contribution in [3.8, 4) is 23.2 Å². The van der Waals surface area contributed by atoms with E-state index in [9.17, 15) is 5.11 Å². The van der Waals surface area contributed by atoms with Crippen molar-refractivity contribution >= 4 is 32.7 Å². The Kier molecular flexibility index (Phi) is 4.08. The molecule has 0 radical (unpaired) electrons. The molecule has 3 aromatic carbocycles. The Balaban J connectivity index is 1.52. The van der Waals surface area contributed by atoms with Crippen molar-refractivity contribution < 1.29 is 9.84 Å². The zero-order chi connectivity index (χ0) is 21.7. The Labute approximate surface area is 184 Å². The molecule has 0 unspecified atom stereocenters. The molecule has 0 aliphatic rings. The van der Waals surface area contributed by atoms with Crippen molar-refractivity contribution in [1.29, 1.82) is 0 Å². The highest BCUT2D eigenvalue weighted by Crippen LogP contribution is 2.35. The Bertz CT molecular complexity index is 1640. The summed E-state index contributed by atoms with van der Waals surface area (Å²) in [5, 5.41) is 13.3. The lowest BCUT2D eigenvalue weighted by Crippen LogP contribution is -1.97. The molecule has 0 atom stereocenters. The first kappa shape index (κ1) is 18.4. The fraction of sp³-hybridized carbons (Fsp3) is 0.0370. The van der Waals surface area contributed by atoms with Crippen molar-refractivity contribution in [1.82, 2.24) is 14.5 Å². The van der Waals surface area contributed by atoms with E-state index >= 15 is 0 Å². The van der Waals surface area contributed by atoms with Gasteiger partial charge in [-0.2, -0.15) is 0 Å². The van der Waals surface area contributed by atoms with Crippen LogP contribution in [0.15, 0.2) is 91.1 Å². The van der Waals surface area contributed by atoms with Gasteiger partial charge in [0, 0.05) is 34.5 Å². The maximum Gasteiger partial charge on any atom is 0.219 e. The van der Waals surface area contributed by atoms with E-state index in [1.807, 2.05) is 54.7 Å². The van der Waals surface area contributed by atoms with Crippen LogP contribution in [0.4, 0.5) is 0 Å². The van der Waals surface area contributed by atoms with Crippen molar-refractivity contribution in [3.63, 3.8) is 0 Å². The molecule has 3 aromatic heterocycles. The third kappa shape index (κ3) is 2.94. The Morgan fingerprint density at radius 1 is 0.812 bits per heavy atom. The number of hydrogen-bond acceptors (Lipinski definition) is 4. The smallest absolute Gasteiger partial charge is 0.219 e. The summed E-state index contributed by atoms with van der Waals surface area (Å²) in [7, 11) is 0. The molecule has 0 aliphatic carbocycles. The number of phenols is 1. The van der Waals surface area contributed by atoms with Crippen molar-refractivity contribution in [3.05, 3.63) is 96.7 Å². The Morgan fingerprint density at radius 2 is 1.69 bits per heavy atom. The molecule has 6 aromatic rings. The number of benzene rings is 3. The number of hydrogen-bond donors (Lipinski definition) is 1. The SMILES string of the molecule is Cc1ccnc(-n2c3ccccc3c3ccc(Oc4ccc5cccc(O)c5n4)cc32)c1. The molecule has 0 saturated heterocycles. The number of rotatable bonds is 3. The number of para-hydroxylation sites is 2. The van der Waals surface area contributed by atoms with Gasteiger partial charge >= 0.3 is 0 Å². The van der Waals surface area contributed by atoms with E-state index in [2.05, 4.69) is 45.7 Å². The summed E-state index contributed by atoms with van der Waals surface area (Å²) in [4.78, 5) is 9.12. The van der Waals surface area contributed by atoms with Crippen LogP contribution in [0.5, 0.6) is 17.4 Å². The number of aryl methyl sites for hydroxylation is 1. The van der Waals surface area contributed by atoms with Crippen LogP contribution in [-0.4, -0.2) is 19.6 Å². The largest absolute Gasteiger partial charge is 0.506 e. The second-order valence-electron chi connectivity index (χ2n) is 7.82. The molecule has 0 spiro atoms. The van der Waals surface area contributed by atoms with Crippen LogP contribution in [0, 0.1) is 6.92 Å². The lowest BCUT2D eigenvalue weighted by atomic mass is 10.1. The standard InChI is InChI=1S/C27H19N3O2/c1-17-13-14-28-25(15-17)30-22-7-3-2-6-20(22)21-11-10-19(16-23(21)30)32-26-12-9-18-5-4-8-24(31)27(18)29-26/h2-16,31H,1H3. The van der Waals surface area contributed by atoms with E-state index in [1.54, 1.807) is 12.1 Å². The first-order chi connectivity index (χ1) is 15.7. The summed E-state index contributed by atoms with van der Waals surface area (Å²) < 4.78 is 8.26. The molecule has 154 valence electrons. The second kappa shape index (κ2) is 7.10. The van der Waals surface area contributed by atoms with Crippen molar-refractivity contribution in [2.75, 3.05) is 0 Å². The molecule has 3 heterocycles. The molecule has 0 amide bonds. The highest BCUT2D eigenvalue weighted by molar-refractivity contribution is 6.09. The predicted molar refractivity (Wildman–Crippen MR) is 127 cm³/mol. The van der Waals surface area contributed by atoms with Gasteiger partial charge in [0.15, 0.2) is 0 Å². The van der Waals surface area contributed by atoms with Gasteiger partial charge in [-0.1, -0.05) is 30.3 Å². The minimum atomic E-state index is 0.133. The normalized spacial score (nSPS) is 11.4. The van der Waals surface area contributed by atoms with Crippen LogP contribution in [0.3, 0.4) is 0 Å². The minimum Gasteiger partial charge on any atom is -0.506 e. The lowest BCUT2D eigenvalue weighted by Gasteiger charge is -2.09. The van der Waals surface area contributed by atoms with Crippen LogP contribution in [0.2, 0.25) is 0 Å². The van der Waals surface area contributed by atoms with Gasteiger partial charge in [-0.05, 0) is 55.0 Å². The summed E-state index contributed by atoms with van der Waals surface area (Å²) in [5.74, 6) is 2.09. The van der Waals surface area contributed by atoms with Crippen molar-refractivity contribution in [2.24, 2.45) is 0 Å². The number of aromatic nitrogens is 3. The lowest BCUT2D eigenvalue weighted by molar-refractivity contribution is 0.460. The van der Waals surface area contributed by atoms with E-state index in [0.717, 1.165) is 38.6 Å². The van der Waals surface area contributed by atoms with E-state index in [1.165, 1.54) is 0 Å². The number of aromatic hydroxyl groups is 1. The van der Waals surface area contributed by atoms with Gasteiger partial charge in [-0.3, -0.25) is 4.57 Å². The van der Waals surface area contributed by atoms with E-state index in [-0.39, 0.29) is 5.75 Å². The molecule has 1 N–H and O–H groups in total. The van der Waals surface area contributed by atoms with Gasteiger partial charge in [0.25, 0.3) is 0 Å². The fourth-order valence-corrected chi connectivity index (χ4v) is 4.19. The molecular formula is C27H19N3O2. The van der Waals surface area contributed by atoms with Crippen LogP contribution < -0.4 is 4.74 Å². The predicted octanol–water partition coefficient (Wildman–Crippen LogP) is 6.53. The number of phenolic OH excluding ortho intramolecular Hbond substituents is 1. The summed E-state index contributed by atoms with van der Waals surface area (Å²) in [6, 6.07) is 27.4. The first-order valence-electron chi connectivity index (χ1n) is 10.4. The maximum absolute atomic E-state index is 10.1.